The fourth-order valence-corrected chi connectivity index (χ4v) is 4.43. The highest BCUT2D eigenvalue weighted by Crippen LogP contribution is 2.29. The highest BCUT2D eigenvalue weighted by Gasteiger charge is 2.22. The van der Waals surface area contributed by atoms with Crippen molar-refractivity contribution in [2.45, 2.75) is 26.3 Å². The lowest BCUT2D eigenvalue weighted by Gasteiger charge is -2.33. The Bertz CT molecular complexity index is 1170. The van der Waals surface area contributed by atoms with Crippen LogP contribution in [-0.2, 0) is 6.54 Å². The number of piperidine rings is 1. The summed E-state index contributed by atoms with van der Waals surface area (Å²) in [5, 5.41) is 5.83. The first-order valence-corrected chi connectivity index (χ1v) is 12.2. The van der Waals surface area contributed by atoms with Gasteiger partial charge >= 0.3 is 0 Å². The van der Waals surface area contributed by atoms with E-state index < -0.39 is 0 Å². The van der Waals surface area contributed by atoms with Crippen LogP contribution in [0.5, 0.6) is 0 Å². The molecule has 0 spiro atoms. The molecule has 0 unspecified atom stereocenters. The zero-order chi connectivity index (χ0) is 24.1. The van der Waals surface area contributed by atoms with Crippen LogP contribution in [-0.4, -0.2) is 24.9 Å². The largest absolute Gasteiger partial charge is 0.371 e. The number of hydrogen-bond acceptors (Lipinski definition) is 3. The van der Waals surface area contributed by atoms with E-state index >= 15 is 0 Å². The molecule has 0 bridgehead atoms. The number of nitrogens with one attached hydrogen (secondary N) is 2. The molecule has 0 radical (unpaired) electrons. The third-order valence-electron chi connectivity index (χ3n) is 6.08. The lowest BCUT2D eigenvalue weighted by Crippen LogP contribution is -2.35. The minimum atomic E-state index is -0.314. The normalized spacial score (nSPS) is 14.0. The Balaban J connectivity index is 1.56. The summed E-state index contributed by atoms with van der Waals surface area (Å²) in [5.41, 5.74) is 3.23. The van der Waals surface area contributed by atoms with Gasteiger partial charge in [-0.3, -0.25) is 9.59 Å². The van der Waals surface area contributed by atoms with Crippen LogP contribution in [0.15, 0.2) is 71.2 Å². The number of anilines is 2. The summed E-state index contributed by atoms with van der Waals surface area (Å²) in [4.78, 5) is 28.2. The number of halogens is 2. The molecule has 3 aromatic carbocycles. The number of rotatable bonds is 6. The van der Waals surface area contributed by atoms with Crippen LogP contribution in [0, 0.1) is 11.7 Å². The molecule has 1 fully saturated rings. The number of benzene rings is 3. The second-order valence-electron chi connectivity index (χ2n) is 8.68. The summed E-state index contributed by atoms with van der Waals surface area (Å²) in [5.74, 6) is -0.142. The molecule has 2 amide bonds. The van der Waals surface area contributed by atoms with Gasteiger partial charge in [-0.1, -0.05) is 41.1 Å². The second kappa shape index (κ2) is 10.8. The third kappa shape index (κ3) is 6.03. The molecule has 176 valence electrons. The molecule has 3 aromatic rings. The molecule has 0 atom stereocenters. The lowest BCUT2D eigenvalue weighted by molar-refractivity contribution is 0.0950. The second-order valence-corrected chi connectivity index (χ2v) is 9.59. The Morgan fingerprint density at radius 2 is 1.74 bits per heavy atom. The lowest BCUT2D eigenvalue weighted by atomic mass is 9.97. The van der Waals surface area contributed by atoms with Crippen LogP contribution < -0.4 is 15.5 Å². The highest BCUT2D eigenvalue weighted by molar-refractivity contribution is 9.10. The van der Waals surface area contributed by atoms with Gasteiger partial charge in [0.25, 0.3) is 11.8 Å². The van der Waals surface area contributed by atoms with Gasteiger partial charge in [-0.25, -0.2) is 4.39 Å². The molecule has 7 heteroatoms. The molecule has 4 rings (SSSR count). The fraction of sp³-hybridized carbons (Fsp3) is 0.259. The average molecular weight is 524 g/mol. The quantitative estimate of drug-likeness (QED) is 0.416. The topological polar surface area (TPSA) is 61.4 Å². The standard InChI is InChI=1S/C27H27BrFN3O2/c1-18-11-13-32(14-12-18)25-10-9-23(31-26(33)20-3-2-4-21(28)15-20)16-24(25)27(34)30-17-19-5-7-22(29)8-6-19/h2-10,15-16,18H,11-14,17H2,1H3,(H,30,34)(H,31,33). The van der Waals surface area contributed by atoms with Crippen molar-refractivity contribution in [2.75, 3.05) is 23.3 Å². The van der Waals surface area contributed by atoms with Gasteiger partial charge in [-0.2, -0.15) is 0 Å². The number of amides is 2. The summed E-state index contributed by atoms with van der Waals surface area (Å²) in [6.07, 6.45) is 2.13. The summed E-state index contributed by atoms with van der Waals surface area (Å²) in [6, 6.07) is 18.6. The van der Waals surface area contributed by atoms with Crippen molar-refractivity contribution in [3.05, 3.63) is 93.7 Å². The Morgan fingerprint density at radius 1 is 1.00 bits per heavy atom. The zero-order valence-electron chi connectivity index (χ0n) is 19.0. The number of hydrogen-bond donors (Lipinski definition) is 2. The van der Waals surface area contributed by atoms with Gasteiger partial charge in [0.15, 0.2) is 0 Å². The maximum Gasteiger partial charge on any atom is 0.255 e. The van der Waals surface area contributed by atoms with Crippen molar-refractivity contribution < 1.29 is 14.0 Å². The van der Waals surface area contributed by atoms with Crippen molar-refractivity contribution in [2.24, 2.45) is 5.92 Å². The summed E-state index contributed by atoms with van der Waals surface area (Å²) < 4.78 is 14.0. The van der Waals surface area contributed by atoms with Crippen LogP contribution in [0.2, 0.25) is 0 Å². The van der Waals surface area contributed by atoms with Crippen LogP contribution in [0.3, 0.4) is 0 Å². The Hall–Kier alpha value is -3.19. The van der Waals surface area contributed by atoms with Gasteiger partial charge in [0, 0.05) is 41.0 Å². The maximum atomic E-state index is 13.2. The Morgan fingerprint density at radius 3 is 2.44 bits per heavy atom. The molecule has 0 saturated carbocycles. The fourth-order valence-electron chi connectivity index (χ4n) is 4.03. The van der Waals surface area contributed by atoms with Gasteiger partial charge in [0.2, 0.25) is 0 Å². The first kappa shape index (κ1) is 24.0. The van der Waals surface area contributed by atoms with Crippen molar-refractivity contribution in [1.29, 1.82) is 0 Å². The van der Waals surface area contributed by atoms with E-state index in [0.717, 1.165) is 41.7 Å². The monoisotopic (exact) mass is 523 g/mol. The molecule has 2 N–H and O–H groups in total. The van der Waals surface area contributed by atoms with Gasteiger partial charge < -0.3 is 15.5 Å². The zero-order valence-corrected chi connectivity index (χ0v) is 20.6. The highest BCUT2D eigenvalue weighted by atomic mass is 79.9. The predicted octanol–water partition coefficient (Wildman–Crippen LogP) is 6.01. The van der Waals surface area contributed by atoms with E-state index in [0.29, 0.717) is 22.7 Å². The van der Waals surface area contributed by atoms with E-state index in [2.05, 4.69) is 38.4 Å². The SMILES string of the molecule is CC1CCN(c2ccc(NC(=O)c3cccc(Br)c3)cc2C(=O)NCc2ccc(F)cc2)CC1. The minimum absolute atomic E-state index is 0.239. The summed E-state index contributed by atoms with van der Waals surface area (Å²) in [7, 11) is 0. The first-order chi connectivity index (χ1) is 16.4. The molecular formula is C27H27BrFN3O2. The average Bonchev–Trinajstić information content (AvgIpc) is 2.84. The molecule has 1 aliphatic rings. The van der Waals surface area contributed by atoms with E-state index in [4.69, 9.17) is 0 Å². The van der Waals surface area contributed by atoms with E-state index in [9.17, 15) is 14.0 Å². The third-order valence-corrected chi connectivity index (χ3v) is 6.57. The Kier molecular flexibility index (Phi) is 7.63. The van der Waals surface area contributed by atoms with Gasteiger partial charge in [-0.15, -0.1) is 0 Å². The Labute approximate surface area is 207 Å². The molecule has 5 nitrogen and oxygen atoms in total. The van der Waals surface area contributed by atoms with E-state index in [1.54, 1.807) is 36.4 Å². The van der Waals surface area contributed by atoms with Crippen LogP contribution in [0.4, 0.5) is 15.8 Å². The van der Waals surface area contributed by atoms with Crippen LogP contribution in [0.1, 0.15) is 46.0 Å². The van der Waals surface area contributed by atoms with Crippen molar-refractivity contribution in [1.82, 2.24) is 5.32 Å². The van der Waals surface area contributed by atoms with Crippen LogP contribution in [0.25, 0.3) is 0 Å². The minimum Gasteiger partial charge on any atom is -0.371 e. The number of nitrogens with zero attached hydrogens (tertiary/aromatic N) is 1. The molecule has 1 heterocycles. The molecule has 0 aromatic heterocycles. The van der Waals surface area contributed by atoms with Crippen LogP contribution >= 0.6 is 15.9 Å². The van der Waals surface area contributed by atoms with Crippen molar-refractivity contribution in [3.8, 4) is 0 Å². The first-order valence-electron chi connectivity index (χ1n) is 11.4. The van der Waals surface area contributed by atoms with E-state index in [1.165, 1.54) is 12.1 Å². The molecule has 1 saturated heterocycles. The molecule has 0 aliphatic carbocycles. The smallest absolute Gasteiger partial charge is 0.255 e. The number of carbonyl (C=O) groups is 2. The molecule has 34 heavy (non-hydrogen) atoms. The van der Waals surface area contributed by atoms with Crippen molar-refractivity contribution in [3.63, 3.8) is 0 Å². The van der Waals surface area contributed by atoms with E-state index in [1.807, 2.05) is 18.2 Å². The van der Waals surface area contributed by atoms with Gasteiger partial charge in [0.05, 0.1) is 5.56 Å². The summed E-state index contributed by atoms with van der Waals surface area (Å²) in [6.45, 7) is 4.28. The van der Waals surface area contributed by atoms with Crippen molar-refractivity contribution >= 4 is 39.1 Å². The summed E-state index contributed by atoms with van der Waals surface area (Å²) >= 11 is 3.39. The van der Waals surface area contributed by atoms with Gasteiger partial charge in [0.1, 0.15) is 5.82 Å². The number of carbonyl (C=O) groups excluding carboxylic acids is 2. The molecular weight excluding hydrogens is 497 g/mol. The predicted molar refractivity (Wildman–Crippen MR) is 137 cm³/mol. The van der Waals surface area contributed by atoms with Gasteiger partial charge in [-0.05, 0) is 72.9 Å². The maximum absolute atomic E-state index is 13.2. The molecule has 1 aliphatic heterocycles. The van der Waals surface area contributed by atoms with E-state index in [-0.39, 0.29) is 24.2 Å².